The summed E-state index contributed by atoms with van der Waals surface area (Å²) in [5, 5.41) is 10.00. The first-order chi connectivity index (χ1) is 12.2. The number of piperazine rings is 1. The van der Waals surface area contributed by atoms with Gasteiger partial charge in [-0.1, -0.05) is 12.6 Å². The van der Waals surface area contributed by atoms with Crippen LogP contribution in [0.5, 0.6) is 0 Å². The van der Waals surface area contributed by atoms with E-state index >= 15 is 0 Å². The SMILES string of the molecule is C=CC(=O)Nc1nc(N(c2ccccn2)N2CCNCC2)ncc1Br. The van der Waals surface area contributed by atoms with Crippen molar-refractivity contribution in [3.8, 4) is 0 Å². The average molecular weight is 404 g/mol. The third-order valence-corrected chi connectivity index (χ3v) is 4.17. The molecule has 0 saturated carbocycles. The van der Waals surface area contributed by atoms with E-state index in [1.54, 1.807) is 12.4 Å². The number of pyridine rings is 1. The minimum Gasteiger partial charge on any atom is -0.314 e. The Morgan fingerprint density at radius 3 is 2.84 bits per heavy atom. The van der Waals surface area contributed by atoms with Gasteiger partial charge in [0.25, 0.3) is 0 Å². The van der Waals surface area contributed by atoms with Crippen LogP contribution in [0.2, 0.25) is 0 Å². The third-order valence-electron chi connectivity index (χ3n) is 3.59. The van der Waals surface area contributed by atoms with Crippen LogP contribution in [0.4, 0.5) is 17.6 Å². The summed E-state index contributed by atoms with van der Waals surface area (Å²) in [6, 6.07) is 5.67. The molecule has 3 heterocycles. The molecule has 0 aliphatic carbocycles. The smallest absolute Gasteiger partial charge is 0.248 e. The van der Waals surface area contributed by atoms with Crippen molar-refractivity contribution in [2.45, 2.75) is 0 Å². The quantitative estimate of drug-likeness (QED) is 0.734. The van der Waals surface area contributed by atoms with Gasteiger partial charge in [0.2, 0.25) is 11.9 Å². The zero-order chi connectivity index (χ0) is 17.6. The van der Waals surface area contributed by atoms with Crippen LogP contribution in [-0.2, 0) is 4.79 Å². The third kappa shape index (κ3) is 4.19. The normalized spacial score (nSPS) is 14.8. The lowest BCUT2D eigenvalue weighted by Gasteiger charge is -2.36. The Bertz CT molecular complexity index is 749. The Morgan fingerprint density at radius 1 is 1.36 bits per heavy atom. The van der Waals surface area contributed by atoms with E-state index < -0.39 is 0 Å². The number of hydrazine groups is 1. The van der Waals surface area contributed by atoms with Gasteiger partial charge >= 0.3 is 0 Å². The molecule has 2 aromatic rings. The maximum atomic E-state index is 11.6. The molecule has 2 aromatic heterocycles. The van der Waals surface area contributed by atoms with E-state index in [0.717, 1.165) is 26.2 Å². The first-order valence-corrected chi connectivity index (χ1v) is 8.61. The largest absolute Gasteiger partial charge is 0.314 e. The van der Waals surface area contributed by atoms with Gasteiger partial charge in [0.1, 0.15) is 5.82 Å². The number of carbonyl (C=O) groups is 1. The van der Waals surface area contributed by atoms with Gasteiger partial charge in [0, 0.05) is 38.6 Å². The summed E-state index contributed by atoms with van der Waals surface area (Å²) in [4.78, 5) is 25.0. The number of amides is 1. The first kappa shape index (κ1) is 17.5. The number of rotatable bonds is 5. The summed E-state index contributed by atoms with van der Waals surface area (Å²) in [7, 11) is 0. The lowest BCUT2D eigenvalue weighted by Crippen LogP contribution is -2.51. The van der Waals surface area contributed by atoms with Crippen molar-refractivity contribution in [3.63, 3.8) is 0 Å². The summed E-state index contributed by atoms with van der Waals surface area (Å²) < 4.78 is 0.590. The Balaban J connectivity index is 1.99. The molecule has 2 N–H and O–H groups in total. The van der Waals surface area contributed by atoms with Crippen molar-refractivity contribution in [3.05, 3.63) is 47.7 Å². The van der Waals surface area contributed by atoms with Crippen LogP contribution in [0.15, 0.2) is 47.7 Å². The molecule has 1 amide bonds. The number of nitrogens with zero attached hydrogens (tertiary/aromatic N) is 5. The fraction of sp³-hybridized carbons (Fsp3) is 0.250. The molecule has 9 heteroatoms. The zero-order valence-electron chi connectivity index (χ0n) is 13.5. The van der Waals surface area contributed by atoms with Gasteiger partial charge in [-0.05, 0) is 34.1 Å². The summed E-state index contributed by atoms with van der Waals surface area (Å²) in [6.45, 7) is 6.77. The number of carbonyl (C=O) groups excluding carboxylic acids is 1. The molecule has 1 saturated heterocycles. The molecule has 0 aromatic carbocycles. The summed E-state index contributed by atoms with van der Waals surface area (Å²) >= 11 is 3.36. The molecule has 1 aliphatic rings. The van der Waals surface area contributed by atoms with E-state index in [0.29, 0.717) is 22.1 Å². The van der Waals surface area contributed by atoms with Crippen LogP contribution in [0.3, 0.4) is 0 Å². The van der Waals surface area contributed by atoms with Crippen LogP contribution >= 0.6 is 15.9 Å². The summed E-state index contributed by atoms with van der Waals surface area (Å²) in [5.74, 6) is 1.19. The second-order valence-corrected chi connectivity index (χ2v) is 6.12. The molecule has 1 fully saturated rings. The maximum absolute atomic E-state index is 11.6. The molecule has 130 valence electrons. The van der Waals surface area contributed by atoms with Gasteiger partial charge in [0.15, 0.2) is 5.82 Å². The standard InChI is InChI=1S/C16H18BrN7O/c1-2-14(25)21-15-12(17)11-20-16(22-15)24(13-5-3-4-6-19-13)23-9-7-18-8-10-23/h2-6,11,18H,1,7-10H2,(H,20,21,22,25). The van der Waals surface area contributed by atoms with Crippen molar-refractivity contribution in [2.75, 3.05) is 36.5 Å². The molecule has 8 nitrogen and oxygen atoms in total. The number of anilines is 3. The van der Waals surface area contributed by atoms with E-state index in [9.17, 15) is 4.79 Å². The van der Waals surface area contributed by atoms with Gasteiger partial charge in [0.05, 0.1) is 4.47 Å². The van der Waals surface area contributed by atoms with Gasteiger partial charge < -0.3 is 10.6 Å². The predicted molar refractivity (Wildman–Crippen MR) is 99.4 cm³/mol. The Labute approximate surface area is 154 Å². The fourth-order valence-corrected chi connectivity index (χ4v) is 2.71. The molecular weight excluding hydrogens is 386 g/mol. The maximum Gasteiger partial charge on any atom is 0.248 e. The number of nitrogens with one attached hydrogen (secondary N) is 2. The Kier molecular flexibility index (Phi) is 5.69. The van der Waals surface area contributed by atoms with Gasteiger partial charge in [-0.25, -0.2) is 20.0 Å². The number of halogens is 1. The monoisotopic (exact) mass is 403 g/mol. The molecule has 0 spiro atoms. The number of aromatic nitrogens is 3. The van der Waals surface area contributed by atoms with Crippen LogP contribution in [0.1, 0.15) is 0 Å². The first-order valence-electron chi connectivity index (χ1n) is 7.81. The lowest BCUT2D eigenvalue weighted by molar-refractivity contribution is -0.111. The molecular formula is C16H18BrN7O. The minimum atomic E-state index is -0.336. The van der Waals surface area contributed by atoms with Gasteiger partial charge in [-0.2, -0.15) is 4.98 Å². The molecule has 25 heavy (non-hydrogen) atoms. The molecule has 0 atom stereocenters. The molecule has 1 aliphatic heterocycles. The Hall–Kier alpha value is -2.36. The van der Waals surface area contributed by atoms with E-state index in [2.05, 4.69) is 53.1 Å². The van der Waals surface area contributed by atoms with E-state index in [4.69, 9.17) is 0 Å². The number of hydrogen-bond donors (Lipinski definition) is 2. The van der Waals surface area contributed by atoms with Crippen LogP contribution in [0, 0.1) is 0 Å². The Morgan fingerprint density at radius 2 is 2.16 bits per heavy atom. The van der Waals surface area contributed by atoms with Crippen molar-refractivity contribution in [1.82, 2.24) is 25.3 Å². The summed E-state index contributed by atoms with van der Waals surface area (Å²) in [6.07, 6.45) is 4.53. The highest BCUT2D eigenvalue weighted by Gasteiger charge is 2.24. The molecule has 0 unspecified atom stereocenters. The lowest BCUT2D eigenvalue weighted by atomic mass is 10.4. The molecule has 0 bridgehead atoms. The zero-order valence-corrected chi connectivity index (χ0v) is 15.1. The van der Waals surface area contributed by atoms with Crippen molar-refractivity contribution < 1.29 is 4.79 Å². The van der Waals surface area contributed by atoms with Crippen LogP contribution in [-0.4, -0.2) is 52.0 Å². The van der Waals surface area contributed by atoms with E-state index in [-0.39, 0.29) is 5.91 Å². The highest BCUT2D eigenvalue weighted by molar-refractivity contribution is 9.10. The van der Waals surface area contributed by atoms with Gasteiger partial charge in [-0.15, -0.1) is 0 Å². The van der Waals surface area contributed by atoms with E-state index in [1.165, 1.54) is 6.08 Å². The van der Waals surface area contributed by atoms with Crippen molar-refractivity contribution >= 4 is 39.4 Å². The second-order valence-electron chi connectivity index (χ2n) is 5.26. The predicted octanol–water partition coefficient (Wildman–Crippen LogP) is 1.72. The second kappa shape index (κ2) is 8.15. The van der Waals surface area contributed by atoms with E-state index in [1.807, 2.05) is 23.2 Å². The molecule has 3 rings (SSSR count). The van der Waals surface area contributed by atoms with Crippen molar-refractivity contribution in [1.29, 1.82) is 0 Å². The van der Waals surface area contributed by atoms with Crippen molar-refractivity contribution in [2.24, 2.45) is 0 Å². The van der Waals surface area contributed by atoms with Gasteiger partial charge in [-0.3, -0.25) is 4.79 Å². The topological polar surface area (TPSA) is 86.3 Å². The summed E-state index contributed by atoms with van der Waals surface area (Å²) in [5.41, 5.74) is 0. The minimum absolute atomic E-state index is 0.336. The number of hydrogen-bond acceptors (Lipinski definition) is 7. The van der Waals surface area contributed by atoms with Crippen LogP contribution < -0.4 is 15.6 Å². The average Bonchev–Trinajstić information content (AvgIpc) is 2.66. The molecule has 0 radical (unpaired) electrons. The highest BCUT2D eigenvalue weighted by atomic mass is 79.9. The fourth-order valence-electron chi connectivity index (χ4n) is 2.42. The van der Waals surface area contributed by atoms with Crippen LogP contribution in [0.25, 0.3) is 0 Å². The highest BCUT2D eigenvalue weighted by Crippen LogP contribution is 2.27.